The largest absolute Gasteiger partial charge is 0.371 e. The molecule has 1 fully saturated rings. The fraction of sp³-hybridized carbons (Fsp3) is 0.167. The maximum Gasteiger partial charge on any atom is 0.0366 e. The summed E-state index contributed by atoms with van der Waals surface area (Å²) < 4.78 is 0. The Hall–Kier alpha value is -2.80. The van der Waals surface area contributed by atoms with Crippen molar-refractivity contribution < 1.29 is 0 Å². The van der Waals surface area contributed by atoms with Gasteiger partial charge in [0.1, 0.15) is 0 Å². The smallest absolute Gasteiger partial charge is 0.0366 e. The molecule has 3 aromatic rings. The Morgan fingerprint density at radius 1 is 0.560 bits per heavy atom. The third-order valence-corrected chi connectivity index (χ3v) is 4.97. The first kappa shape index (κ1) is 15.7. The molecule has 0 aliphatic carbocycles. The van der Waals surface area contributed by atoms with Crippen LogP contribution in [0.2, 0.25) is 0 Å². The summed E-state index contributed by atoms with van der Waals surface area (Å²) in [6, 6.07) is 32.4. The molecule has 1 aliphatic rings. The lowest BCUT2D eigenvalue weighted by Crippen LogP contribution is -2.30. The summed E-state index contributed by atoms with van der Waals surface area (Å²) in [6.45, 7) is 2.17. The van der Waals surface area contributed by atoms with Crippen molar-refractivity contribution >= 4 is 11.3 Å². The first-order valence-corrected chi connectivity index (χ1v) is 9.05. The molecule has 0 atom stereocenters. The highest BCUT2D eigenvalue weighted by atomic mass is 15.1. The molecule has 4 rings (SSSR count). The van der Waals surface area contributed by atoms with Crippen LogP contribution in [-0.4, -0.2) is 13.1 Å². The molecule has 3 aromatic carbocycles. The molecule has 1 saturated heterocycles. The molecular weight excluding hydrogens is 302 g/mol. The Morgan fingerprint density at radius 2 is 1.00 bits per heavy atom. The van der Waals surface area contributed by atoms with Crippen molar-refractivity contribution in [3.8, 4) is 0 Å². The fourth-order valence-electron chi connectivity index (χ4n) is 3.71. The third kappa shape index (κ3) is 3.51. The minimum atomic E-state index is 1.09. The lowest BCUT2D eigenvalue weighted by molar-refractivity contribution is 0.687. The zero-order valence-corrected chi connectivity index (χ0v) is 14.4. The molecule has 0 N–H and O–H groups in total. The van der Waals surface area contributed by atoms with Gasteiger partial charge in [0.05, 0.1) is 0 Å². The van der Waals surface area contributed by atoms with Crippen LogP contribution in [0.25, 0.3) is 5.57 Å². The SMILES string of the molecule is c1ccc(C(=C2CCN(c3ccccc3)CC2)c2ccccc2)cc1. The highest BCUT2D eigenvalue weighted by Crippen LogP contribution is 2.33. The molecule has 0 spiro atoms. The normalized spacial score (nSPS) is 14.4. The first-order chi connectivity index (χ1) is 12.4. The Bertz CT molecular complexity index is 784. The molecular formula is C24H23N. The number of piperidine rings is 1. The van der Waals surface area contributed by atoms with Crippen LogP contribution in [0.15, 0.2) is 96.6 Å². The van der Waals surface area contributed by atoms with Crippen molar-refractivity contribution in [2.24, 2.45) is 0 Å². The molecule has 1 nitrogen and oxygen atoms in total. The molecule has 1 heterocycles. The summed E-state index contributed by atoms with van der Waals surface area (Å²) >= 11 is 0. The van der Waals surface area contributed by atoms with E-state index < -0.39 is 0 Å². The molecule has 0 unspecified atom stereocenters. The summed E-state index contributed by atoms with van der Waals surface area (Å²) in [6.07, 6.45) is 2.24. The number of rotatable bonds is 3. The van der Waals surface area contributed by atoms with E-state index in [1.807, 2.05) is 0 Å². The number of benzene rings is 3. The molecule has 1 heteroatoms. The monoisotopic (exact) mass is 325 g/mol. The van der Waals surface area contributed by atoms with Gasteiger partial charge < -0.3 is 4.90 Å². The zero-order chi connectivity index (χ0) is 16.9. The van der Waals surface area contributed by atoms with E-state index in [0.717, 1.165) is 25.9 Å². The van der Waals surface area contributed by atoms with Crippen molar-refractivity contribution in [1.82, 2.24) is 0 Å². The summed E-state index contributed by atoms with van der Waals surface area (Å²) in [7, 11) is 0. The molecule has 0 bridgehead atoms. The van der Waals surface area contributed by atoms with Crippen molar-refractivity contribution in [1.29, 1.82) is 0 Å². The molecule has 0 radical (unpaired) electrons. The maximum atomic E-state index is 2.50. The van der Waals surface area contributed by atoms with Crippen LogP contribution in [0, 0.1) is 0 Å². The van der Waals surface area contributed by atoms with Gasteiger partial charge in [-0.1, -0.05) is 84.4 Å². The minimum absolute atomic E-state index is 1.09. The van der Waals surface area contributed by atoms with E-state index in [-0.39, 0.29) is 0 Å². The lowest BCUT2D eigenvalue weighted by atomic mass is 9.88. The van der Waals surface area contributed by atoms with E-state index in [1.165, 1.54) is 22.4 Å². The zero-order valence-electron chi connectivity index (χ0n) is 14.4. The van der Waals surface area contributed by atoms with Gasteiger partial charge in [-0.25, -0.2) is 0 Å². The van der Waals surface area contributed by atoms with Gasteiger partial charge in [-0.2, -0.15) is 0 Å². The Morgan fingerprint density at radius 3 is 1.48 bits per heavy atom. The van der Waals surface area contributed by atoms with Crippen LogP contribution >= 0.6 is 0 Å². The van der Waals surface area contributed by atoms with Crippen LogP contribution in [-0.2, 0) is 0 Å². The average molecular weight is 325 g/mol. The van der Waals surface area contributed by atoms with Crippen LogP contribution in [0.4, 0.5) is 5.69 Å². The lowest BCUT2D eigenvalue weighted by Gasteiger charge is -2.32. The molecule has 0 saturated carbocycles. The fourth-order valence-corrected chi connectivity index (χ4v) is 3.71. The number of para-hydroxylation sites is 1. The van der Waals surface area contributed by atoms with Crippen LogP contribution in [0.3, 0.4) is 0 Å². The van der Waals surface area contributed by atoms with E-state index >= 15 is 0 Å². The standard InChI is InChI=1S/C24H23N/c1-4-10-20(11-5-1)24(21-12-6-2-7-13-21)22-16-18-25(19-17-22)23-14-8-3-9-15-23/h1-15H,16-19H2. The van der Waals surface area contributed by atoms with Crippen LogP contribution in [0.5, 0.6) is 0 Å². The molecule has 0 aromatic heterocycles. The average Bonchev–Trinajstić information content (AvgIpc) is 2.71. The van der Waals surface area contributed by atoms with Gasteiger partial charge in [0.15, 0.2) is 0 Å². The second-order valence-corrected chi connectivity index (χ2v) is 6.53. The summed E-state index contributed by atoms with van der Waals surface area (Å²) in [4.78, 5) is 2.50. The van der Waals surface area contributed by atoms with Crippen molar-refractivity contribution in [3.63, 3.8) is 0 Å². The van der Waals surface area contributed by atoms with Gasteiger partial charge in [-0.15, -0.1) is 0 Å². The topological polar surface area (TPSA) is 3.24 Å². The van der Waals surface area contributed by atoms with E-state index in [0.29, 0.717) is 0 Å². The predicted molar refractivity (Wildman–Crippen MR) is 107 cm³/mol. The molecule has 124 valence electrons. The second-order valence-electron chi connectivity index (χ2n) is 6.53. The Balaban J connectivity index is 1.66. The molecule has 0 amide bonds. The second kappa shape index (κ2) is 7.40. The quantitative estimate of drug-likeness (QED) is 0.589. The van der Waals surface area contributed by atoms with Gasteiger partial charge in [0.2, 0.25) is 0 Å². The van der Waals surface area contributed by atoms with Crippen molar-refractivity contribution in [2.45, 2.75) is 12.8 Å². The van der Waals surface area contributed by atoms with Crippen LogP contribution < -0.4 is 4.90 Å². The minimum Gasteiger partial charge on any atom is -0.371 e. The summed E-state index contributed by atoms with van der Waals surface area (Å²) in [5, 5.41) is 0. The summed E-state index contributed by atoms with van der Waals surface area (Å²) in [5.41, 5.74) is 7.00. The third-order valence-electron chi connectivity index (χ3n) is 4.97. The number of hydrogen-bond acceptors (Lipinski definition) is 1. The first-order valence-electron chi connectivity index (χ1n) is 9.05. The van der Waals surface area contributed by atoms with E-state index in [4.69, 9.17) is 0 Å². The number of anilines is 1. The molecule has 1 aliphatic heterocycles. The van der Waals surface area contributed by atoms with Gasteiger partial charge in [0.25, 0.3) is 0 Å². The highest BCUT2D eigenvalue weighted by Gasteiger charge is 2.19. The molecule has 25 heavy (non-hydrogen) atoms. The van der Waals surface area contributed by atoms with E-state index in [1.54, 1.807) is 5.57 Å². The maximum absolute atomic E-state index is 2.50. The van der Waals surface area contributed by atoms with Gasteiger partial charge >= 0.3 is 0 Å². The van der Waals surface area contributed by atoms with E-state index in [9.17, 15) is 0 Å². The number of nitrogens with zero attached hydrogens (tertiary/aromatic N) is 1. The van der Waals surface area contributed by atoms with Crippen molar-refractivity contribution in [2.75, 3.05) is 18.0 Å². The summed E-state index contributed by atoms with van der Waals surface area (Å²) in [5.74, 6) is 0. The Labute approximate surface area is 150 Å². The van der Waals surface area contributed by atoms with Crippen molar-refractivity contribution in [3.05, 3.63) is 108 Å². The predicted octanol–water partition coefficient (Wildman–Crippen LogP) is 5.79. The van der Waals surface area contributed by atoms with Gasteiger partial charge in [-0.05, 0) is 41.7 Å². The highest BCUT2D eigenvalue weighted by molar-refractivity contribution is 5.82. The van der Waals surface area contributed by atoms with E-state index in [2.05, 4.69) is 95.9 Å². The van der Waals surface area contributed by atoms with Gasteiger partial charge in [0, 0.05) is 18.8 Å². The number of hydrogen-bond donors (Lipinski definition) is 0. The Kier molecular flexibility index (Phi) is 4.65. The van der Waals surface area contributed by atoms with Crippen LogP contribution in [0.1, 0.15) is 24.0 Å². The van der Waals surface area contributed by atoms with Gasteiger partial charge in [-0.3, -0.25) is 0 Å².